The molecule has 3 amide bonds. The van der Waals surface area contributed by atoms with Gasteiger partial charge in [-0.05, 0) is 60.9 Å². The molecule has 0 aliphatic heterocycles. The summed E-state index contributed by atoms with van der Waals surface area (Å²) in [5, 5.41) is 9.52. The molecule has 0 saturated heterocycles. The van der Waals surface area contributed by atoms with Crippen molar-refractivity contribution in [3.05, 3.63) is 74.6 Å². The van der Waals surface area contributed by atoms with Crippen LogP contribution in [0.2, 0.25) is 0 Å². The summed E-state index contributed by atoms with van der Waals surface area (Å²) >= 11 is 2.81. The first kappa shape index (κ1) is 26.4. The van der Waals surface area contributed by atoms with Crippen molar-refractivity contribution in [2.75, 3.05) is 13.7 Å². The third-order valence-corrected chi connectivity index (χ3v) is 7.42. The average molecular weight is 514 g/mol. The number of benzene rings is 1. The van der Waals surface area contributed by atoms with Crippen LogP contribution in [0.15, 0.2) is 59.3 Å². The van der Waals surface area contributed by atoms with Gasteiger partial charge in [-0.2, -0.15) is 0 Å². The van der Waals surface area contributed by atoms with Gasteiger partial charge in [0, 0.05) is 10.4 Å². The van der Waals surface area contributed by atoms with Crippen LogP contribution in [-0.2, 0) is 16.1 Å². The molecular formula is C26H31N3O4S2. The molecular weight excluding hydrogens is 482 g/mol. The Morgan fingerprint density at radius 1 is 1.06 bits per heavy atom. The van der Waals surface area contributed by atoms with Crippen LogP contribution in [0.4, 0.5) is 0 Å². The van der Waals surface area contributed by atoms with Crippen LogP contribution in [0.25, 0.3) is 0 Å². The number of carbonyl (C=O) groups excluding carboxylic acids is 3. The van der Waals surface area contributed by atoms with Crippen molar-refractivity contribution in [2.24, 2.45) is 0 Å². The molecule has 0 unspecified atom stereocenters. The zero-order valence-electron chi connectivity index (χ0n) is 20.4. The molecule has 2 N–H and O–H groups in total. The molecule has 35 heavy (non-hydrogen) atoms. The quantitative estimate of drug-likeness (QED) is 0.392. The molecule has 2 aromatic heterocycles. The van der Waals surface area contributed by atoms with Crippen LogP contribution < -0.4 is 15.4 Å². The molecule has 0 spiro atoms. The second-order valence-corrected chi connectivity index (χ2v) is 10.6. The third kappa shape index (κ3) is 7.16. The summed E-state index contributed by atoms with van der Waals surface area (Å²) in [7, 11) is 1.56. The maximum Gasteiger partial charge on any atom is 0.261 e. The number of thiophene rings is 2. The molecule has 9 heteroatoms. The third-order valence-electron chi connectivity index (χ3n) is 5.69. The van der Waals surface area contributed by atoms with E-state index in [2.05, 4.69) is 10.6 Å². The lowest BCUT2D eigenvalue weighted by Gasteiger charge is -2.34. The van der Waals surface area contributed by atoms with E-state index >= 15 is 0 Å². The molecule has 0 radical (unpaired) electrons. The highest BCUT2D eigenvalue weighted by Gasteiger charge is 2.34. The topological polar surface area (TPSA) is 87.7 Å². The Labute approximate surface area is 214 Å². The minimum Gasteiger partial charge on any atom is -0.497 e. The molecule has 3 rings (SSSR count). The second kappa shape index (κ2) is 12.0. The van der Waals surface area contributed by atoms with Crippen LogP contribution in [0, 0.1) is 0 Å². The Morgan fingerprint density at radius 3 is 2.43 bits per heavy atom. The summed E-state index contributed by atoms with van der Waals surface area (Å²) < 4.78 is 5.38. The molecule has 1 aromatic carbocycles. The predicted molar refractivity (Wildman–Crippen MR) is 140 cm³/mol. The molecule has 0 aliphatic carbocycles. The van der Waals surface area contributed by atoms with Gasteiger partial charge in [0.15, 0.2) is 0 Å². The van der Waals surface area contributed by atoms with Crippen LogP contribution in [0.5, 0.6) is 5.75 Å². The Kier molecular flexibility index (Phi) is 9.06. The maximum atomic E-state index is 13.7. The van der Waals surface area contributed by atoms with Gasteiger partial charge in [-0.15, -0.1) is 22.7 Å². The molecule has 3 aromatic rings. The van der Waals surface area contributed by atoms with E-state index < -0.39 is 11.6 Å². The average Bonchev–Trinajstić information content (AvgIpc) is 3.56. The molecule has 186 valence electrons. The molecule has 0 bridgehead atoms. The Morgan fingerprint density at radius 2 is 1.80 bits per heavy atom. The number of carbonyl (C=O) groups is 3. The molecule has 0 fully saturated rings. The predicted octanol–water partition coefficient (Wildman–Crippen LogP) is 4.62. The number of nitrogens with zero attached hydrogens (tertiary/aromatic N) is 1. The lowest BCUT2D eigenvalue weighted by molar-refractivity contribution is -0.141. The van der Waals surface area contributed by atoms with Gasteiger partial charge in [0.25, 0.3) is 5.91 Å². The van der Waals surface area contributed by atoms with Crippen LogP contribution in [0.3, 0.4) is 0 Å². The van der Waals surface area contributed by atoms with Crippen LogP contribution in [-0.4, -0.2) is 41.8 Å². The van der Waals surface area contributed by atoms with E-state index in [-0.39, 0.29) is 30.8 Å². The summed E-state index contributed by atoms with van der Waals surface area (Å²) in [5.41, 5.74) is 0.169. The molecule has 0 saturated carbocycles. The fraction of sp³-hybridized carbons (Fsp3) is 0.346. The Hall–Kier alpha value is -3.17. The smallest absolute Gasteiger partial charge is 0.261 e. The van der Waals surface area contributed by atoms with Crippen LogP contribution in [0.1, 0.15) is 53.3 Å². The first-order chi connectivity index (χ1) is 16.7. The van der Waals surface area contributed by atoms with E-state index in [9.17, 15) is 14.4 Å². The minimum absolute atomic E-state index is 0.229. The highest BCUT2D eigenvalue weighted by atomic mass is 32.1. The SMILES string of the molecule is CCC(C)(C)NC(=O)[C@@H](c1cccc(OC)c1)N(Cc1cccs1)C(=O)CNC(=O)c1cccs1. The number of nitrogens with one attached hydrogen (secondary N) is 2. The van der Waals surface area contributed by atoms with E-state index in [1.807, 2.05) is 44.4 Å². The number of methoxy groups -OCH3 is 1. The van der Waals surface area contributed by atoms with Gasteiger partial charge in [-0.25, -0.2) is 0 Å². The van der Waals surface area contributed by atoms with Crippen LogP contribution >= 0.6 is 22.7 Å². The maximum absolute atomic E-state index is 13.7. The number of rotatable bonds is 11. The zero-order chi connectivity index (χ0) is 25.4. The monoisotopic (exact) mass is 513 g/mol. The summed E-state index contributed by atoms with van der Waals surface area (Å²) in [6, 6.07) is 13.6. The van der Waals surface area contributed by atoms with Gasteiger partial charge in [-0.3, -0.25) is 14.4 Å². The molecule has 2 heterocycles. The van der Waals surface area contributed by atoms with E-state index in [0.29, 0.717) is 16.2 Å². The minimum atomic E-state index is -0.913. The van der Waals surface area contributed by atoms with E-state index in [0.717, 1.165) is 11.3 Å². The molecule has 7 nitrogen and oxygen atoms in total. The molecule has 1 atom stereocenters. The second-order valence-electron chi connectivity index (χ2n) is 8.67. The molecule has 0 aliphatic rings. The summed E-state index contributed by atoms with van der Waals surface area (Å²) in [4.78, 5) is 42.7. The van der Waals surface area contributed by atoms with Crippen molar-refractivity contribution in [3.8, 4) is 5.75 Å². The van der Waals surface area contributed by atoms with Crippen molar-refractivity contribution in [3.63, 3.8) is 0 Å². The number of hydrogen-bond donors (Lipinski definition) is 2. The Bertz CT molecular complexity index is 1130. The van der Waals surface area contributed by atoms with E-state index in [1.165, 1.54) is 27.6 Å². The number of amides is 3. The van der Waals surface area contributed by atoms with Gasteiger partial charge in [-0.1, -0.05) is 31.2 Å². The highest BCUT2D eigenvalue weighted by molar-refractivity contribution is 7.12. The van der Waals surface area contributed by atoms with Crippen molar-refractivity contribution in [2.45, 2.75) is 45.3 Å². The van der Waals surface area contributed by atoms with Crippen molar-refractivity contribution < 1.29 is 19.1 Å². The largest absolute Gasteiger partial charge is 0.497 e. The van der Waals surface area contributed by atoms with Gasteiger partial charge in [0.2, 0.25) is 11.8 Å². The zero-order valence-corrected chi connectivity index (χ0v) is 22.0. The Balaban J connectivity index is 1.96. The lowest BCUT2D eigenvalue weighted by Crippen LogP contribution is -2.51. The van der Waals surface area contributed by atoms with Gasteiger partial charge < -0.3 is 20.3 Å². The summed E-state index contributed by atoms with van der Waals surface area (Å²) in [6.07, 6.45) is 0.722. The fourth-order valence-electron chi connectivity index (χ4n) is 3.42. The van der Waals surface area contributed by atoms with Gasteiger partial charge in [0.05, 0.1) is 25.1 Å². The van der Waals surface area contributed by atoms with Gasteiger partial charge >= 0.3 is 0 Å². The highest BCUT2D eigenvalue weighted by Crippen LogP contribution is 2.28. The van der Waals surface area contributed by atoms with Crippen molar-refractivity contribution in [1.82, 2.24) is 15.5 Å². The first-order valence-electron chi connectivity index (χ1n) is 11.3. The number of hydrogen-bond acceptors (Lipinski definition) is 6. The summed E-state index contributed by atoms with van der Waals surface area (Å²) in [6.45, 7) is 5.89. The standard InChI is InChI=1S/C26H31N3O4S2/c1-5-26(2,3)28-25(32)23(18-9-6-10-19(15-18)33-4)29(17-20-11-7-13-34-20)22(30)16-27-24(31)21-12-8-14-35-21/h6-15,23H,5,16-17H2,1-4H3,(H,27,31)(H,28,32)/t23-/m1/s1. The van der Waals surface area contributed by atoms with E-state index in [4.69, 9.17) is 4.74 Å². The lowest BCUT2D eigenvalue weighted by atomic mass is 9.98. The normalized spacial score (nSPS) is 12.0. The number of ether oxygens (including phenoxy) is 1. The van der Waals surface area contributed by atoms with Crippen molar-refractivity contribution in [1.29, 1.82) is 0 Å². The van der Waals surface area contributed by atoms with Gasteiger partial charge in [0.1, 0.15) is 11.8 Å². The summed E-state index contributed by atoms with van der Waals surface area (Å²) in [5.74, 6) is -0.385. The van der Waals surface area contributed by atoms with Crippen molar-refractivity contribution >= 4 is 40.4 Å². The fourth-order valence-corrected chi connectivity index (χ4v) is 4.76. The first-order valence-corrected chi connectivity index (χ1v) is 13.1. The van der Waals surface area contributed by atoms with E-state index in [1.54, 1.807) is 42.8 Å².